The van der Waals surface area contributed by atoms with Crippen molar-refractivity contribution in [3.05, 3.63) is 77.6 Å². The number of carbonyl (C=O) groups is 2. The van der Waals surface area contributed by atoms with Crippen molar-refractivity contribution in [2.24, 2.45) is 0 Å². The molecule has 30 heavy (non-hydrogen) atoms. The van der Waals surface area contributed by atoms with E-state index in [2.05, 4.69) is 23.7 Å². The van der Waals surface area contributed by atoms with Gasteiger partial charge in [0.1, 0.15) is 0 Å². The smallest absolute Gasteiger partial charge is 0.340 e. The highest BCUT2D eigenvalue weighted by atomic mass is 16.5. The van der Waals surface area contributed by atoms with Gasteiger partial charge < -0.3 is 14.6 Å². The number of hydrogen-bond donors (Lipinski definition) is 1. The molecule has 0 saturated heterocycles. The van der Waals surface area contributed by atoms with Crippen LogP contribution in [0.5, 0.6) is 0 Å². The Labute approximate surface area is 177 Å². The van der Waals surface area contributed by atoms with Gasteiger partial charge in [0.05, 0.1) is 5.56 Å². The summed E-state index contributed by atoms with van der Waals surface area (Å²) < 4.78 is 7.56. The third kappa shape index (κ3) is 4.46. The normalized spacial score (nSPS) is 11.9. The fourth-order valence-corrected chi connectivity index (χ4v) is 3.75. The lowest BCUT2D eigenvalue weighted by Gasteiger charge is -2.16. The fraction of sp³-hybridized carbons (Fsp3) is 0.280. The van der Waals surface area contributed by atoms with E-state index in [0.717, 1.165) is 22.5 Å². The lowest BCUT2D eigenvalue weighted by atomic mass is 10.0. The average molecular weight is 405 g/mol. The maximum absolute atomic E-state index is 12.7. The van der Waals surface area contributed by atoms with Crippen LogP contribution in [0.15, 0.2) is 60.7 Å². The third-order valence-electron chi connectivity index (χ3n) is 5.14. The molecule has 0 spiro atoms. The van der Waals surface area contributed by atoms with E-state index in [4.69, 9.17) is 4.74 Å². The van der Waals surface area contributed by atoms with Gasteiger partial charge in [-0.25, -0.2) is 4.79 Å². The molecule has 0 aliphatic heterocycles. The molecule has 1 N–H and O–H groups in total. The molecule has 1 amide bonds. The van der Waals surface area contributed by atoms with Crippen LogP contribution in [0.3, 0.4) is 0 Å². The van der Waals surface area contributed by atoms with E-state index in [1.807, 2.05) is 74.5 Å². The first-order valence-electron chi connectivity index (χ1n) is 10.1. The molecule has 3 aromatic rings. The predicted octanol–water partition coefficient (Wildman–Crippen LogP) is 5.54. The Bertz CT molecular complexity index is 1050. The Hall–Kier alpha value is -3.34. The van der Waals surface area contributed by atoms with Crippen LogP contribution in [0.1, 0.15) is 48.6 Å². The number of aromatic nitrogens is 1. The summed E-state index contributed by atoms with van der Waals surface area (Å²) in [6.07, 6.45) is -0.927. The van der Waals surface area contributed by atoms with Gasteiger partial charge in [-0.3, -0.25) is 4.79 Å². The largest absolute Gasteiger partial charge is 0.449 e. The Morgan fingerprint density at radius 1 is 0.933 bits per heavy atom. The summed E-state index contributed by atoms with van der Waals surface area (Å²) in [5.74, 6) is -0.863. The van der Waals surface area contributed by atoms with Gasteiger partial charge in [-0.15, -0.1) is 0 Å². The maximum atomic E-state index is 12.7. The molecule has 5 nitrogen and oxygen atoms in total. The van der Waals surface area contributed by atoms with Crippen molar-refractivity contribution in [1.29, 1.82) is 0 Å². The van der Waals surface area contributed by atoms with E-state index in [-0.39, 0.29) is 11.9 Å². The zero-order valence-corrected chi connectivity index (χ0v) is 18.1. The van der Waals surface area contributed by atoms with Gasteiger partial charge in [-0.1, -0.05) is 48.5 Å². The summed E-state index contributed by atoms with van der Waals surface area (Å²) in [6.45, 7) is 9.57. The molecule has 2 aromatic carbocycles. The van der Waals surface area contributed by atoms with E-state index in [1.54, 1.807) is 6.92 Å². The minimum Gasteiger partial charge on any atom is -0.449 e. The highest BCUT2D eigenvalue weighted by Gasteiger charge is 2.23. The second-order valence-corrected chi connectivity index (χ2v) is 7.70. The van der Waals surface area contributed by atoms with Crippen molar-refractivity contribution < 1.29 is 14.3 Å². The predicted molar refractivity (Wildman–Crippen MR) is 120 cm³/mol. The van der Waals surface area contributed by atoms with Crippen molar-refractivity contribution >= 4 is 17.6 Å². The molecule has 0 radical (unpaired) electrons. The number of rotatable bonds is 6. The summed E-state index contributed by atoms with van der Waals surface area (Å²) in [5, 5.41) is 2.89. The first kappa shape index (κ1) is 21.4. The molecule has 1 atom stereocenters. The zero-order valence-electron chi connectivity index (χ0n) is 18.1. The van der Waals surface area contributed by atoms with Gasteiger partial charge in [0.2, 0.25) is 0 Å². The number of ether oxygens (including phenoxy) is 1. The van der Waals surface area contributed by atoms with E-state index < -0.39 is 12.1 Å². The van der Waals surface area contributed by atoms with Crippen LogP contribution >= 0.6 is 0 Å². The second kappa shape index (κ2) is 8.99. The van der Waals surface area contributed by atoms with E-state index in [9.17, 15) is 9.59 Å². The fourth-order valence-electron chi connectivity index (χ4n) is 3.75. The number of nitrogens with one attached hydrogen (secondary N) is 1. The molecule has 5 heteroatoms. The van der Waals surface area contributed by atoms with E-state index in [1.165, 1.54) is 0 Å². The summed E-state index contributed by atoms with van der Waals surface area (Å²) in [7, 11) is 0. The molecule has 0 fully saturated rings. The quantitative estimate of drug-likeness (QED) is 0.549. The minimum absolute atomic E-state index is 0.238. The number of para-hydroxylation sites is 1. The molecule has 0 saturated carbocycles. The topological polar surface area (TPSA) is 60.3 Å². The minimum atomic E-state index is -0.927. The zero-order chi connectivity index (χ0) is 21.8. The van der Waals surface area contributed by atoms with Gasteiger partial charge >= 0.3 is 5.97 Å². The van der Waals surface area contributed by atoms with Gasteiger partial charge in [0, 0.05) is 28.7 Å². The Kier molecular flexibility index (Phi) is 6.40. The average Bonchev–Trinajstić information content (AvgIpc) is 3.03. The van der Waals surface area contributed by atoms with Crippen LogP contribution in [0.4, 0.5) is 5.69 Å². The number of aryl methyl sites for hydroxylation is 1. The van der Waals surface area contributed by atoms with E-state index in [0.29, 0.717) is 11.3 Å². The number of esters is 1. The number of carbonyl (C=O) groups excluding carboxylic acids is 2. The van der Waals surface area contributed by atoms with Crippen LogP contribution in [-0.4, -0.2) is 22.5 Å². The lowest BCUT2D eigenvalue weighted by Crippen LogP contribution is -2.30. The summed E-state index contributed by atoms with van der Waals surface area (Å²) >= 11 is 0. The molecular weight excluding hydrogens is 376 g/mol. The van der Waals surface area contributed by atoms with Crippen molar-refractivity contribution in [2.75, 3.05) is 5.32 Å². The van der Waals surface area contributed by atoms with Gasteiger partial charge in [0.25, 0.3) is 5.91 Å². The second-order valence-electron chi connectivity index (χ2n) is 7.70. The van der Waals surface area contributed by atoms with Crippen LogP contribution < -0.4 is 5.32 Å². The molecule has 1 heterocycles. The SMILES string of the molecule is Cc1cc(C(=O)O[C@@H](C)C(=O)Nc2ccccc2-c2ccccc2)c(C)n1C(C)C. The van der Waals surface area contributed by atoms with Crippen molar-refractivity contribution in [1.82, 2.24) is 4.57 Å². The van der Waals surface area contributed by atoms with Crippen molar-refractivity contribution in [3.63, 3.8) is 0 Å². The Morgan fingerprint density at radius 3 is 2.20 bits per heavy atom. The summed E-state index contributed by atoms with van der Waals surface area (Å²) in [6, 6.07) is 19.4. The molecule has 0 bridgehead atoms. The number of amides is 1. The van der Waals surface area contributed by atoms with Crippen LogP contribution in [0.25, 0.3) is 11.1 Å². The van der Waals surface area contributed by atoms with Gasteiger partial charge in [-0.2, -0.15) is 0 Å². The van der Waals surface area contributed by atoms with Crippen LogP contribution in [-0.2, 0) is 9.53 Å². The van der Waals surface area contributed by atoms with Crippen molar-refractivity contribution in [3.8, 4) is 11.1 Å². The number of nitrogens with zero attached hydrogens (tertiary/aromatic N) is 1. The first-order valence-corrected chi connectivity index (χ1v) is 10.1. The van der Waals surface area contributed by atoms with Crippen LogP contribution in [0.2, 0.25) is 0 Å². The third-order valence-corrected chi connectivity index (χ3v) is 5.14. The molecule has 3 rings (SSSR count). The van der Waals surface area contributed by atoms with E-state index >= 15 is 0 Å². The summed E-state index contributed by atoms with van der Waals surface area (Å²) in [4.78, 5) is 25.4. The first-order chi connectivity index (χ1) is 14.3. The standard InChI is InChI=1S/C25H28N2O3/c1-16(2)27-17(3)15-22(18(27)4)25(29)30-19(5)24(28)26-23-14-10-9-13-21(23)20-11-7-6-8-12-20/h6-16,19H,1-5H3,(H,26,28)/t19-/m0/s1. The van der Waals surface area contributed by atoms with Gasteiger partial charge in [0.15, 0.2) is 6.10 Å². The number of hydrogen-bond acceptors (Lipinski definition) is 3. The van der Waals surface area contributed by atoms with Crippen molar-refractivity contribution in [2.45, 2.75) is 46.8 Å². The molecule has 1 aromatic heterocycles. The molecule has 0 aliphatic rings. The molecular formula is C25H28N2O3. The molecule has 156 valence electrons. The Balaban J connectivity index is 1.74. The monoisotopic (exact) mass is 404 g/mol. The lowest BCUT2D eigenvalue weighted by molar-refractivity contribution is -0.123. The maximum Gasteiger partial charge on any atom is 0.340 e. The molecule has 0 unspecified atom stereocenters. The van der Waals surface area contributed by atoms with Gasteiger partial charge in [-0.05, 0) is 52.3 Å². The van der Waals surface area contributed by atoms with Crippen LogP contribution in [0, 0.1) is 13.8 Å². The number of anilines is 1. The highest BCUT2D eigenvalue weighted by molar-refractivity contribution is 6.00. The summed E-state index contributed by atoms with van der Waals surface area (Å²) in [5.41, 5.74) is 4.91. The Morgan fingerprint density at radius 2 is 1.57 bits per heavy atom. The highest BCUT2D eigenvalue weighted by Crippen LogP contribution is 2.28. The molecule has 0 aliphatic carbocycles. The number of benzene rings is 2.